The van der Waals surface area contributed by atoms with Gasteiger partial charge in [-0.15, -0.1) is 13.2 Å². The van der Waals surface area contributed by atoms with Crippen LogP contribution in [-0.2, 0) is 4.74 Å². The highest BCUT2D eigenvalue weighted by Crippen LogP contribution is 2.30. The standard InChI is InChI=1S/C13H16F3NO5/c1-12(2,3)22-11(20)17-9-6-7(21-13(14,15)16)4-5-8(9)10(18)19/h4-6,10,18-19H,1-3H3,(H,17,20). The summed E-state index contributed by atoms with van der Waals surface area (Å²) in [4.78, 5) is 11.6. The molecule has 0 fully saturated rings. The average Bonchev–Trinajstić information content (AvgIpc) is 2.23. The molecule has 0 aromatic heterocycles. The third-order valence-electron chi connectivity index (χ3n) is 2.17. The minimum absolute atomic E-state index is 0.208. The van der Waals surface area contributed by atoms with Gasteiger partial charge in [-0.1, -0.05) is 0 Å². The van der Waals surface area contributed by atoms with Crippen LogP contribution in [0.15, 0.2) is 18.2 Å². The van der Waals surface area contributed by atoms with Crippen LogP contribution in [0.1, 0.15) is 32.6 Å². The number of amides is 1. The lowest BCUT2D eigenvalue weighted by molar-refractivity contribution is -0.274. The lowest BCUT2D eigenvalue weighted by Gasteiger charge is -2.21. The Kier molecular flexibility index (Phi) is 5.26. The SMILES string of the molecule is CC(C)(C)OC(=O)Nc1cc(OC(F)(F)F)ccc1C(O)O. The highest BCUT2D eigenvalue weighted by molar-refractivity contribution is 5.86. The average molecular weight is 323 g/mol. The second kappa shape index (κ2) is 6.41. The molecule has 1 rings (SSSR count). The van der Waals surface area contributed by atoms with Gasteiger partial charge in [0.15, 0.2) is 6.29 Å². The first-order chi connectivity index (χ1) is 9.87. The van der Waals surface area contributed by atoms with E-state index in [1.807, 2.05) is 0 Å². The fourth-order valence-electron chi connectivity index (χ4n) is 1.48. The zero-order valence-corrected chi connectivity index (χ0v) is 12.1. The van der Waals surface area contributed by atoms with Crippen LogP contribution in [-0.4, -0.2) is 28.3 Å². The number of alkyl halides is 3. The highest BCUT2D eigenvalue weighted by Gasteiger charge is 2.31. The van der Waals surface area contributed by atoms with Gasteiger partial charge in [0, 0.05) is 11.6 Å². The smallest absolute Gasteiger partial charge is 0.444 e. The van der Waals surface area contributed by atoms with Crippen molar-refractivity contribution in [2.75, 3.05) is 5.32 Å². The number of nitrogens with one attached hydrogen (secondary N) is 1. The molecule has 0 aliphatic heterocycles. The lowest BCUT2D eigenvalue weighted by atomic mass is 10.1. The number of aliphatic hydroxyl groups excluding tert-OH is 1. The molecular formula is C13H16F3NO5. The van der Waals surface area contributed by atoms with Gasteiger partial charge in [-0.3, -0.25) is 5.32 Å². The fourth-order valence-corrected chi connectivity index (χ4v) is 1.48. The molecule has 0 atom stereocenters. The summed E-state index contributed by atoms with van der Waals surface area (Å²) >= 11 is 0. The molecule has 0 spiro atoms. The Morgan fingerprint density at radius 2 is 1.82 bits per heavy atom. The Hall–Kier alpha value is -2.00. The number of aliphatic hydroxyl groups is 2. The molecule has 22 heavy (non-hydrogen) atoms. The van der Waals surface area contributed by atoms with Gasteiger partial charge in [-0.25, -0.2) is 4.79 Å². The number of hydrogen-bond acceptors (Lipinski definition) is 5. The molecule has 6 nitrogen and oxygen atoms in total. The number of ether oxygens (including phenoxy) is 2. The van der Waals surface area contributed by atoms with Crippen LogP contribution < -0.4 is 10.1 Å². The van der Waals surface area contributed by atoms with Gasteiger partial charge in [0.2, 0.25) is 0 Å². The van der Waals surface area contributed by atoms with E-state index >= 15 is 0 Å². The molecule has 0 unspecified atom stereocenters. The van der Waals surface area contributed by atoms with Crippen molar-refractivity contribution in [3.63, 3.8) is 0 Å². The fraction of sp³-hybridized carbons (Fsp3) is 0.462. The molecule has 0 bridgehead atoms. The Labute approximate surface area is 124 Å². The normalized spacial score (nSPS) is 12.2. The van der Waals surface area contributed by atoms with Crippen molar-refractivity contribution in [3.05, 3.63) is 23.8 Å². The van der Waals surface area contributed by atoms with Crippen molar-refractivity contribution in [2.24, 2.45) is 0 Å². The summed E-state index contributed by atoms with van der Waals surface area (Å²) in [6.07, 6.45) is -7.87. The first-order valence-electron chi connectivity index (χ1n) is 6.13. The minimum atomic E-state index is -4.91. The molecule has 0 aliphatic rings. The number of rotatable bonds is 3. The molecule has 0 saturated carbocycles. The quantitative estimate of drug-likeness (QED) is 0.744. The van der Waals surface area contributed by atoms with Crippen molar-refractivity contribution < 1.29 is 37.7 Å². The van der Waals surface area contributed by atoms with Gasteiger partial charge in [0.05, 0.1) is 5.69 Å². The van der Waals surface area contributed by atoms with Gasteiger partial charge < -0.3 is 19.7 Å². The molecule has 9 heteroatoms. The minimum Gasteiger partial charge on any atom is -0.444 e. The summed E-state index contributed by atoms with van der Waals surface area (Å²) in [5.74, 6) is -0.622. The molecule has 124 valence electrons. The number of carbonyl (C=O) groups is 1. The van der Waals surface area contributed by atoms with Crippen LogP contribution in [0, 0.1) is 0 Å². The third kappa shape index (κ3) is 6.19. The maximum Gasteiger partial charge on any atom is 0.573 e. The van der Waals surface area contributed by atoms with E-state index in [0.29, 0.717) is 0 Å². The number of benzene rings is 1. The van der Waals surface area contributed by atoms with Crippen LogP contribution in [0.2, 0.25) is 0 Å². The predicted octanol–water partition coefficient (Wildman–Crippen LogP) is 2.92. The number of halogens is 3. The molecule has 0 radical (unpaired) electrons. The topological polar surface area (TPSA) is 88.0 Å². The highest BCUT2D eigenvalue weighted by atomic mass is 19.4. The molecule has 1 aromatic carbocycles. The molecule has 0 aliphatic carbocycles. The monoisotopic (exact) mass is 323 g/mol. The van der Waals surface area contributed by atoms with Gasteiger partial charge in [0.25, 0.3) is 0 Å². The van der Waals surface area contributed by atoms with Crippen LogP contribution in [0.5, 0.6) is 5.75 Å². The number of anilines is 1. The molecule has 0 heterocycles. The van der Waals surface area contributed by atoms with Crippen LogP contribution in [0.4, 0.5) is 23.7 Å². The van der Waals surface area contributed by atoms with E-state index in [1.54, 1.807) is 20.8 Å². The van der Waals surface area contributed by atoms with Gasteiger partial charge in [-0.2, -0.15) is 0 Å². The van der Waals surface area contributed by atoms with Gasteiger partial charge in [0.1, 0.15) is 11.4 Å². The van der Waals surface area contributed by atoms with Crippen LogP contribution in [0.25, 0.3) is 0 Å². The van der Waals surface area contributed by atoms with Gasteiger partial charge >= 0.3 is 12.5 Å². The molecule has 1 aromatic rings. The Morgan fingerprint density at radius 1 is 1.23 bits per heavy atom. The summed E-state index contributed by atoms with van der Waals surface area (Å²) in [5.41, 5.74) is -1.31. The first-order valence-corrected chi connectivity index (χ1v) is 6.13. The summed E-state index contributed by atoms with van der Waals surface area (Å²) in [7, 11) is 0. The zero-order chi connectivity index (χ0) is 17.1. The maximum absolute atomic E-state index is 12.2. The van der Waals surface area contributed by atoms with Crippen molar-refractivity contribution >= 4 is 11.8 Å². The van der Waals surface area contributed by atoms with E-state index in [2.05, 4.69) is 10.1 Å². The van der Waals surface area contributed by atoms with Gasteiger partial charge in [-0.05, 0) is 32.9 Å². The lowest BCUT2D eigenvalue weighted by Crippen LogP contribution is -2.27. The van der Waals surface area contributed by atoms with E-state index < -0.39 is 30.1 Å². The summed E-state index contributed by atoms with van der Waals surface area (Å²) < 4.78 is 45.2. The van der Waals surface area contributed by atoms with E-state index in [4.69, 9.17) is 4.74 Å². The predicted molar refractivity (Wildman–Crippen MR) is 70.2 cm³/mol. The van der Waals surface area contributed by atoms with E-state index in [1.165, 1.54) is 0 Å². The van der Waals surface area contributed by atoms with E-state index in [0.717, 1.165) is 18.2 Å². The Morgan fingerprint density at radius 3 is 2.27 bits per heavy atom. The molecule has 0 saturated heterocycles. The summed E-state index contributed by atoms with van der Waals surface area (Å²) in [5, 5.41) is 20.5. The van der Waals surface area contributed by atoms with Crippen LogP contribution in [0.3, 0.4) is 0 Å². The van der Waals surface area contributed by atoms with Crippen molar-refractivity contribution in [1.82, 2.24) is 0 Å². The second-order valence-electron chi connectivity index (χ2n) is 5.30. The largest absolute Gasteiger partial charge is 0.573 e. The van der Waals surface area contributed by atoms with E-state index in [-0.39, 0.29) is 11.3 Å². The van der Waals surface area contributed by atoms with Crippen LogP contribution >= 0.6 is 0 Å². The Bertz CT molecular complexity index is 537. The van der Waals surface area contributed by atoms with Crippen molar-refractivity contribution in [1.29, 1.82) is 0 Å². The molecular weight excluding hydrogens is 307 g/mol. The van der Waals surface area contributed by atoms with Crippen molar-refractivity contribution in [3.8, 4) is 5.75 Å². The Balaban J connectivity index is 3.03. The third-order valence-corrected chi connectivity index (χ3v) is 2.17. The summed E-state index contributed by atoms with van der Waals surface area (Å²) in [6, 6.07) is 2.69. The second-order valence-corrected chi connectivity index (χ2v) is 5.30. The maximum atomic E-state index is 12.2. The summed E-state index contributed by atoms with van der Waals surface area (Å²) in [6.45, 7) is 4.78. The van der Waals surface area contributed by atoms with Crippen molar-refractivity contribution in [2.45, 2.75) is 39.0 Å². The number of carbonyl (C=O) groups excluding carboxylic acids is 1. The van der Waals surface area contributed by atoms with E-state index in [9.17, 15) is 28.2 Å². The molecule has 3 N–H and O–H groups in total. The first kappa shape index (κ1) is 18.1. The zero-order valence-electron chi connectivity index (χ0n) is 12.1. The molecule has 1 amide bonds. The number of hydrogen-bond donors (Lipinski definition) is 3.